The third-order valence-electron chi connectivity index (χ3n) is 3.60. The molecule has 0 aromatic heterocycles. The lowest BCUT2D eigenvalue weighted by molar-refractivity contribution is -0.121. The Kier molecular flexibility index (Phi) is 4.74. The van der Waals surface area contributed by atoms with E-state index in [4.69, 9.17) is 5.11 Å². The van der Waals surface area contributed by atoms with Crippen LogP contribution in [0.5, 0.6) is 0 Å². The molecule has 0 spiro atoms. The number of carbonyl (C=O) groups is 1. The molecule has 2 N–H and O–H groups in total. The minimum absolute atomic E-state index is 0.00443. The highest BCUT2D eigenvalue weighted by atomic mass is 16.3. The van der Waals surface area contributed by atoms with Gasteiger partial charge >= 0.3 is 0 Å². The van der Waals surface area contributed by atoms with Crippen molar-refractivity contribution in [1.29, 1.82) is 0 Å². The molecule has 1 fully saturated rings. The summed E-state index contributed by atoms with van der Waals surface area (Å²) in [5.74, 6) is 0.0671. The number of nitrogens with one attached hydrogen (secondary N) is 1. The lowest BCUT2D eigenvalue weighted by atomic mass is 10.1. The van der Waals surface area contributed by atoms with Gasteiger partial charge in [-0.2, -0.15) is 0 Å². The van der Waals surface area contributed by atoms with Gasteiger partial charge in [0.1, 0.15) is 0 Å². The van der Waals surface area contributed by atoms with Gasteiger partial charge in [0.2, 0.25) is 5.91 Å². The Morgan fingerprint density at radius 2 is 2.05 bits per heavy atom. The molecule has 102 valence electrons. The highest BCUT2D eigenvalue weighted by Gasteiger charge is 2.41. The summed E-state index contributed by atoms with van der Waals surface area (Å²) < 4.78 is 0. The van der Waals surface area contributed by atoms with E-state index in [2.05, 4.69) is 5.32 Å². The Morgan fingerprint density at radius 3 is 2.68 bits per heavy atom. The SMILES string of the molecule is O=C(CC/C=C/c1ccccc1)NCC1(CO)CC1. The first-order valence-corrected chi connectivity index (χ1v) is 6.83. The van der Waals surface area contributed by atoms with Gasteiger partial charge in [-0.1, -0.05) is 42.5 Å². The Labute approximate surface area is 114 Å². The number of amides is 1. The zero-order chi connectivity index (χ0) is 13.6. The van der Waals surface area contributed by atoms with Gasteiger partial charge in [0.05, 0.1) is 6.61 Å². The number of benzene rings is 1. The molecule has 1 aliphatic carbocycles. The van der Waals surface area contributed by atoms with Crippen LogP contribution in [0.15, 0.2) is 36.4 Å². The second kappa shape index (κ2) is 6.53. The molecule has 0 radical (unpaired) electrons. The molecular weight excluding hydrogens is 238 g/mol. The van der Waals surface area contributed by atoms with E-state index in [9.17, 15) is 4.79 Å². The van der Waals surface area contributed by atoms with Crippen LogP contribution in [0.4, 0.5) is 0 Å². The minimum atomic E-state index is -0.00443. The van der Waals surface area contributed by atoms with Crippen LogP contribution in [0, 0.1) is 5.41 Å². The van der Waals surface area contributed by atoms with Crippen molar-refractivity contribution in [1.82, 2.24) is 5.32 Å². The number of hydrogen-bond acceptors (Lipinski definition) is 2. The fourth-order valence-corrected chi connectivity index (χ4v) is 1.94. The Morgan fingerprint density at radius 1 is 1.32 bits per heavy atom. The monoisotopic (exact) mass is 259 g/mol. The highest BCUT2D eigenvalue weighted by molar-refractivity contribution is 5.76. The molecular formula is C16H21NO2. The van der Waals surface area contributed by atoms with E-state index < -0.39 is 0 Å². The van der Waals surface area contributed by atoms with Crippen LogP contribution in [0.1, 0.15) is 31.2 Å². The van der Waals surface area contributed by atoms with Crippen molar-refractivity contribution in [2.75, 3.05) is 13.2 Å². The fourth-order valence-electron chi connectivity index (χ4n) is 1.94. The standard InChI is InChI=1S/C16H21NO2/c18-13-16(10-11-16)12-17-15(19)9-5-4-8-14-6-2-1-3-7-14/h1-4,6-8,18H,5,9-13H2,(H,17,19)/b8-4+. The van der Waals surface area contributed by atoms with E-state index >= 15 is 0 Å². The molecule has 0 bridgehead atoms. The molecule has 1 aliphatic rings. The summed E-state index contributed by atoms with van der Waals surface area (Å²) in [7, 11) is 0. The second-order valence-corrected chi connectivity index (χ2v) is 5.29. The van der Waals surface area contributed by atoms with Crippen LogP contribution in [0.25, 0.3) is 6.08 Å². The van der Waals surface area contributed by atoms with E-state index in [0.717, 1.165) is 24.8 Å². The number of allylic oxidation sites excluding steroid dienone is 1. The first-order valence-electron chi connectivity index (χ1n) is 6.83. The van der Waals surface area contributed by atoms with Crippen LogP contribution in [0.3, 0.4) is 0 Å². The molecule has 0 aliphatic heterocycles. The van der Waals surface area contributed by atoms with Crippen molar-refractivity contribution in [3.05, 3.63) is 42.0 Å². The molecule has 1 aromatic rings. The van der Waals surface area contributed by atoms with Gasteiger partial charge in [-0.15, -0.1) is 0 Å². The lowest BCUT2D eigenvalue weighted by Gasteiger charge is -2.12. The van der Waals surface area contributed by atoms with Crippen LogP contribution >= 0.6 is 0 Å². The van der Waals surface area contributed by atoms with Crippen LogP contribution in [-0.2, 0) is 4.79 Å². The molecule has 2 rings (SSSR count). The molecule has 0 unspecified atom stereocenters. The van der Waals surface area contributed by atoms with Gasteiger partial charge in [0.15, 0.2) is 0 Å². The van der Waals surface area contributed by atoms with Crippen LogP contribution in [-0.4, -0.2) is 24.2 Å². The van der Waals surface area contributed by atoms with Gasteiger partial charge in [0.25, 0.3) is 0 Å². The second-order valence-electron chi connectivity index (χ2n) is 5.29. The Hall–Kier alpha value is -1.61. The third kappa shape index (κ3) is 4.52. The van der Waals surface area contributed by atoms with Gasteiger partial charge in [0, 0.05) is 18.4 Å². The van der Waals surface area contributed by atoms with Gasteiger partial charge in [-0.05, 0) is 24.8 Å². The minimum Gasteiger partial charge on any atom is -0.396 e. The predicted molar refractivity (Wildman–Crippen MR) is 76.5 cm³/mol. The summed E-state index contributed by atoms with van der Waals surface area (Å²) in [5, 5.41) is 12.0. The predicted octanol–water partition coefficient (Wildman–Crippen LogP) is 2.37. The average Bonchev–Trinajstić information content (AvgIpc) is 3.23. The van der Waals surface area contributed by atoms with E-state index in [1.54, 1.807) is 0 Å². The van der Waals surface area contributed by atoms with Crippen molar-refractivity contribution in [2.24, 2.45) is 5.41 Å². The molecule has 19 heavy (non-hydrogen) atoms. The largest absolute Gasteiger partial charge is 0.396 e. The molecule has 1 aromatic carbocycles. The van der Waals surface area contributed by atoms with E-state index in [1.165, 1.54) is 0 Å². The summed E-state index contributed by atoms with van der Waals surface area (Å²) in [6, 6.07) is 10.1. The topological polar surface area (TPSA) is 49.3 Å². The van der Waals surface area contributed by atoms with Crippen LogP contribution in [0.2, 0.25) is 0 Å². The molecule has 0 saturated heterocycles. The van der Waals surface area contributed by atoms with Gasteiger partial charge < -0.3 is 10.4 Å². The first-order chi connectivity index (χ1) is 9.24. The van der Waals surface area contributed by atoms with Crippen molar-refractivity contribution < 1.29 is 9.90 Å². The summed E-state index contributed by atoms with van der Waals surface area (Å²) in [5.41, 5.74) is 1.15. The van der Waals surface area contributed by atoms with Crippen LogP contribution < -0.4 is 5.32 Å². The molecule has 0 atom stereocenters. The van der Waals surface area contributed by atoms with Crippen molar-refractivity contribution in [2.45, 2.75) is 25.7 Å². The summed E-state index contributed by atoms with van der Waals surface area (Å²) in [4.78, 5) is 11.6. The highest BCUT2D eigenvalue weighted by Crippen LogP contribution is 2.44. The lowest BCUT2D eigenvalue weighted by Crippen LogP contribution is -2.31. The zero-order valence-corrected chi connectivity index (χ0v) is 11.1. The third-order valence-corrected chi connectivity index (χ3v) is 3.60. The Bertz CT molecular complexity index is 435. The normalized spacial score (nSPS) is 16.5. The number of rotatable bonds is 7. The van der Waals surface area contributed by atoms with E-state index in [-0.39, 0.29) is 17.9 Å². The number of aliphatic hydroxyl groups is 1. The van der Waals surface area contributed by atoms with Crippen molar-refractivity contribution >= 4 is 12.0 Å². The van der Waals surface area contributed by atoms with E-state index in [1.807, 2.05) is 42.5 Å². The molecule has 3 nitrogen and oxygen atoms in total. The summed E-state index contributed by atoms with van der Waals surface area (Å²) >= 11 is 0. The quantitative estimate of drug-likeness (QED) is 0.790. The van der Waals surface area contributed by atoms with Gasteiger partial charge in [-0.3, -0.25) is 4.79 Å². The summed E-state index contributed by atoms with van der Waals surface area (Å²) in [6.45, 7) is 0.798. The number of carbonyl (C=O) groups excluding carboxylic acids is 1. The molecule has 1 amide bonds. The van der Waals surface area contributed by atoms with E-state index in [0.29, 0.717) is 13.0 Å². The zero-order valence-electron chi connectivity index (χ0n) is 11.1. The molecule has 1 saturated carbocycles. The van der Waals surface area contributed by atoms with Crippen molar-refractivity contribution in [3.8, 4) is 0 Å². The maximum Gasteiger partial charge on any atom is 0.220 e. The van der Waals surface area contributed by atoms with Crippen molar-refractivity contribution in [3.63, 3.8) is 0 Å². The average molecular weight is 259 g/mol. The number of hydrogen-bond donors (Lipinski definition) is 2. The smallest absolute Gasteiger partial charge is 0.220 e. The number of aliphatic hydroxyl groups excluding tert-OH is 1. The first kappa shape index (κ1) is 13.8. The maximum absolute atomic E-state index is 11.6. The molecule has 3 heteroatoms. The molecule has 0 heterocycles. The fraction of sp³-hybridized carbons (Fsp3) is 0.438. The van der Waals surface area contributed by atoms with Gasteiger partial charge in [-0.25, -0.2) is 0 Å². The summed E-state index contributed by atoms with van der Waals surface area (Å²) in [6.07, 6.45) is 7.35. The Balaban J connectivity index is 1.63. The maximum atomic E-state index is 11.6.